The maximum atomic E-state index is 12.9. The van der Waals surface area contributed by atoms with Crippen LogP contribution in [0.4, 0.5) is 11.4 Å². The van der Waals surface area contributed by atoms with E-state index in [4.69, 9.17) is 21.1 Å². The molecule has 1 aromatic rings. The Bertz CT molecular complexity index is 814. The van der Waals surface area contributed by atoms with E-state index < -0.39 is 5.60 Å². The first-order valence-electron chi connectivity index (χ1n) is 9.87. The zero-order valence-electron chi connectivity index (χ0n) is 17.2. The van der Waals surface area contributed by atoms with Crippen molar-refractivity contribution < 1.29 is 23.9 Å². The van der Waals surface area contributed by atoms with E-state index in [0.717, 1.165) is 0 Å². The van der Waals surface area contributed by atoms with Gasteiger partial charge in [0.05, 0.1) is 37.1 Å². The first-order valence-corrected chi connectivity index (χ1v) is 10.2. The third-order valence-corrected chi connectivity index (χ3v) is 5.35. The van der Waals surface area contributed by atoms with Crippen molar-refractivity contribution in [2.24, 2.45) is 0 Å². The second-order valence-corrected chi connectivity index (χ2v) is 8.03. The lowest BCUT2D eigenvalue weighted by molar-refractivity contribution is -0.171. The molecule has 2 N–H and O–H groups in total. The van der Waals surface area contributed by atoms with Crippen molar-refractivity contribution in [2.75, 3.05) is 63.2 Å². The van der Waals surface area contributed by atoms with E-state index in [1.807, 2.05) is 4.90 Å². The van der Waals surface area contributed by atoms with Crippen LogP contribution in [0.5, 0.6) is 0 Å². The average Bonchev–Trinajstić information content (AvgIpc) is 2.70. The molecule has 0 unspecified atom stereocenters. The van der Waals surface area contributed by atoms with Crippen LogP contribution in [0.1, 0.15) is 13.8 Å². The Morgan fingerprint density at radius 3 is 2.53 bits per heavy atom. The maximum Gasteiger partial charge on any atom is 0.256 e. The SMILES string of the molecule is CC(=O)Nc1ccc(NC(=O)CN2CCO[C@@](C)(C(=O)N3CCOCC3)C2)c(Cl)c1. The third kappa shape index (κ3) is 5.69. The number of amides is 3. The van der Waals surface area contributed by atoms with Gasteiger partial charge in [-0.2, -0.15) is 0 Å². The highest BCUT2D eigenvalue weighted by atomic mass is 35.5. The first-order chi connectivity index (χ1) is 14.3. The Hall–Kier alpha value is -2.20. The van der Waals surface area contributed by atoms with Gasteiger partial charge in [-0.05, 0) is 25.1 Å². The number of rotatable bonds is 5. The number of benzene rings is 1. The molecule has 2 heterocycles. The fourth-order valence-corrected chi connectivity index (χ4v) is 3.83. The lowest BCUT2D eigenvalue weighted by Gasteiger charge is -2.42. The molecule has 2 saturated heterocycles. The number of carbonyl (C=O) groups excluding carboxylic acids is 3. The molecular weight excluding hydrogens is 412 g/mol. The standard InChI is InChI=1S/C20H27ClN4O5/c1-14(26)22-15-3-4-17(16(21)11-15)23-18(27)12-24-5-10-30-20(2,13-24)19(28)25-6-8-29-9-7-25/h3-4,11H,5-10,12-13H2,1-2H3,(H,22,26)(H,23,27)/t20-/m1/s1. The molecule has 2 aliphatic rings. The van der Waals surface area contributed by atoms with Crippen LogP contribution in [0.25, 0.3) is 0 Å². The lowest BCUT2D eigenvalue weighted by Crippen LogP contribution is -2.61. The molecule has 0 bridgehead atoms. The monoisotopic (exact) mass is 438 g/mol. The van der Waals surface area contributed by atoms with E-state index in [-0.39, 0.29) is 24.3 Å². The van der Waals surface area contributed by atoms with Crippen LogP contribution in [0, 0.1) is 0 Å². The van der Waals surface area contributed by atoms with Gasteiger partial charge in [0.15, 0.2) is 5.60 Å². The molecule has 2 aliphatic heterocycles. The summed E-state index contributed by atoms with van der Waals surface area (Å²) >= 11 is 6.21. The Kier molecular flexibility index (Phi) is 7.30. The molecule has 10 heteroatoms. The minimum Gasteiger partial charge on any atom is -0.378 e. The summed E-state index contributed by atoms with van der Waals surface area (Å²) in [6, 6.07) is 4.87. The molecule has 30 heavy (non-hydrogen) atoms. The van der Waals surface area contributed by atoms with E-state index in [9.17, 15) is 14.4 Å². The molecule has 9 nitrogen and oxygen atoms in total. The molecule has 0 spiro atoms. The van der Waals surface area contributed by atoms with E-state index in [1.165, 1.54) is 6.92 Å². The van der Waals surface area contributed by atoms with Gasteiger partial charge in [-0.1, -0.05) is 11.6 Å². The van der Waals surface area contributed by atoms with E-state index in [2.05, 4.69) is 10.6 Å². The summed E-state index contributed by atoms with van der Waals surface area (Å²) < 4.78 is 11.1. The minimum atomic E-state index is -0.993. The average molecular weight is 439 g/mol. The predicted molar refractivity (Wildman–Crippen MR) is 113 cm³/mol. The molecule has 3 rings (SSSR count). The summed E-state index contributed by atoms with van der Waals surface area (Å²) in [6.07, 6.45) is 0. The van der Waals surface area contributed by atoms with Gasteiger partial charge in [-0.25, -0.2) is 0 Å². The highest BCUT2D eigenvalue weighted by Gasteiger charge is 2.42. The Balaban J connectivity index is 1.57. The number of halogens is 1. The Morgan fingerprint density at radius 2 is 1.87 bits per heavy atom. The molecule has 0 radical (unpaired) electrons. The molecule has 0 saturated carbocycles. The summed E-state index contributed by atoms with van der Waals surface area (Å²) in [5, 5.41) is 5.74. The number of nitrogens with one attached hydrogen (secondary N) is 2. The fourth-order valence-electron chi connectivity index (χ4n) is 3.61. The third-order valence-electron chi connectivity index (χ3n) is 5.03. The van der Waals surface area contributed by atoms with Crippen molar-refractivity contribution in [3.63, 3.8) is 0 Å². The number of carbonyl (C=O) groups is 3. The van der Waals surface area contributed by atoms with Crippen LogP contribution in [0.3, 0.4) is 0 Å². The minimum absolute atomic E-state index is 0.0764. The van der Waals surface area contributed by atoms with Crippen molar-refractivity contribution in [2.45, 2.75) is 19.4 Å². The lowest BCUT2D eigenvalue weighted by atomic mass is 10.0. The smallest absolute Gasteiger partial charge is 0.256 e. The number of nitrogens with zero attached hydrogens (tertiary/aromatic N) is 2. The number of morpholine rings is 2. The summed E-state index contributed by atoms with van der Waals surface area (Å²) in [4.78, 5) is 40.3. The quantitative estimate of drug-likeness (QED) is 0.716. The van der Waals surface area contributed by atoms with Gasteiger partial charge in [0.2, 0.25) is 11.8 Å². The topological polar surface area (TPSA) is 100 Å². The highest BCUT2D eigenvalue weighted by Crippen LogP contribution is 2.26. The maximum absolute atomic E-state index is 12.9. The van der Waals surface area contributed by atoms with Gasteiger partial charge in [0.1, 0.15) is 0 Å². The van der Waals surface area contributed by atoms with Crippen molar-refractivity contribution in [1.82, 2.24) is 9.80 Å². The Labute approximate surface area is 180 Å². The van der Waals surface area contributed by atoms with Crippen LogP contribution < -0.4 is 10.6 Å². The van der Waals surface area contributed by atoms with E-state index >= 15 is 0 Å². The molecule has 1 atom stereocenters. The highest BCUT2D eigenvalue weighted by molar-refractivity contribution is 6.34. The van der Waals surface area contributed by atoms with Gasteiger partial charge in [0.25, 0.3) is 5.91 Å². The van der Waals surface area contributed by atoms with Crippen LogP contribution in [0.15, 0.2) is 18.2 Å². The van der Waals surface area contributed by atoms with Crippen molar-refractivity contribution in [3.05, 3.63) is 23.2 Å². The van der Waals surface area contributed by atoms with Gasteiger partial charge in [-0.15, -0.1) is 0 Å². The van der Waals surface area contributed by atoms with Gasteiger partial charge < -0.3 is 25.0 Å². The van der Waals surface area contributed by atoms with Gasteiger partial charge in [-0.3, -0.25) is 19.3 Å². The van der Waals surface area contributed by atoms with Gasteiger partial charge >= 0.3 is 0 Å². The zero-order chi connectivity index (χ0) is 21.7. The van der Waals surface area contributed by atoms with Crippen LogP contribution in [-0.4, -0.2) is 85.7 Å². The van der Waals surface area contributed by atoms with Crippen LogP contribution in [0.2, 0.25) is 5.02 Å². The zero-order valence-corrected chi connectivity index (χ0v) is 18.0. The number of anilines is 2. The molecule has 164 valence electrons. The van der Waals surface area contributed by atoms with Crippen molar-refractivity contribution in [3.8, 4) is 0 Å². The number of ether oxygens (including phenoxy) is 2. The molecule has 2 fully saturated rings. The predicted octanol–water partition coefficient (Wildman–Crippen LogP) is 1.19. The number of hydrogen-bond acceptors (Lipinski definition) is 6. The van der Waals surface area contributed by atoms with Crippen molar-refractivity contribution >= 4 is 40.7 Å². The Morgan fingerprint density at radius 1 is 1.13 bits per heavy atom. The summed E-state index contributed by atoms with van der Waals surface area (Å²) in [5.41, 5.74) is 0.0142. The second kappa shape index (κ2) is 9.74. The summed E-state index contributed by atoms with van der Waals surface area (Å²) in [6.45, 7) is 6.67. The number of hydrogen-bond donors (Lipinski definition) is 2. The molecule has 1 aromatic carbocycles. The molecule has 3 amide bonds. The van der Waals surface area contributed by atoms with Crippen LogP contribution >= 0.6 is 11.6 Å². The molecular formula is C20H27ClN4O5. The van der Waals surface area contributed by atoms with Crippen LogP contribution in [-0.2, 0) is 23.9 Å². The fraction of sp³-hybridized carbons (Fsp3) is 0.550. The van der Waals surface area contributed by atoms with Gasteiger partial charge in [0, 0.05) is 38.8 Å². The molecule has 0 aromatic heterocycles. The normalized spacial score (nSPS) is 22.4. The summed E-state index contributed by atoms with van der Waals surface area (Å²) in [5.74, 6) is -0.524. The van der Waals surface area contributed by atoms with Crippen molar-refractivity contribution in [1.29, 1.82) is 0 Å². The van der Waals surface area contributed by atoms with E-state index in [1.54, 1.807) is 30.0 Å². The molecule has 0 aliphatic carbocycles. The first kappa shape index (κ1) is 22.5. The second-order valence-electron chi connectivity index (χ2n) is 7.62. The van der Waals surface area contributed by atoms with E-state index in [0.29, 0.717) is 62.4 Å². The largest absolute Gasteiger partial charge is 0.378 e. The summed E-state index contributed by atoms with van der Waals surface area (Å²) in [7, 11) is 0.